The average Bonchev–Trinajstić information content (AvgIpc) is 3.00. The number of ether oxygens (including phenoxy) is 1. The quantitative estimate of drug-likeness (QED) is 0.292. The molecule has 1 aliphatic rings. The highest BCUT2D eigenvalue weighted by molar-refractivity contribution is 7.89. The lowest BCUT2D eigenvalue weighted by Gasteiger charge is -2.35. The molecule has 0 aliphatic carbocycles. The van der Waals surface area contributed by atoms with Crippen molar-refractivity contribution in [2.24, 2.45) is 0 Å². The lowest BCUT2D eigenvalue weighted by atomic mass is 10.1. The third-order valence-electron chi connectivity index (χ3n) is 6.95. The molecule has 42 heavy (non-hydrogen) atoms. The second-order valence-corrected chi connectivity index (χ2v) is 12.3. The van der Waals surface area contributed by atoms with Crippen LogP contribution in [-0.4, -0.2) is 43.7 Å². The van der Waals surface area contributed by atoms with Crippen LogP contribution < -0.4 is 15.0 Å². The summed E-state index contributed by atoms with van der Waals surface area (Å²) in [6.45, 7) is 1.49. The van der Waals surface area contributed by atoms with Crippen molar-refractivity contribution >= 4 is 39.1 Å². The molecule has 1 N–H and O–H groups in total. The number of nitrogens with one attached hydrogen (secondary N) is 1. The Morgan fingerprint density at radius 2 is 1.60 bits per heavy atom. The van der Waals surface area contributed by atoms with Gasteiger partial charge in [0.25, 0.3) is 5.91 Å². The molecule has 0 saturated carbocycles. The smallest absolute Gasteiger partial charge is 0.263 e. The fraction of sp³-hybridized carbons (Fsp3) is 0.188. The first-order chi connectivity index (χ1) is 20.2. The molecule has 0 radical (unpaired) electrons. The van der Waals surface area contributed by atoms with Crippen LogP contribution in [-0.2, 0) is 32.7 Å². The van der Waals surface area contributed by atoms with Crippen molar-refractivity contribution in [3.8, 4) is 5.75 Å². The molecule has 216 valence electrons. The molecule has 5 rings (SSSR count). The van der Waals surface area contributed by atoms with Crippen LogP contribution in [0.5, 0.6) is 5.75 Å². The van der Waals surface area contributed by atoms with E-state index in [0.717, 1.165) is 15.4 Å². The Labute approximate surface area is 250 Å². The molecule has 8 nitrogen and oxygen atoms in total. The SMILES string of the molecule is Cc1ccc(S(=O)(=O)N(CC(=O)N2C[C@@H](C(=O)NCc3ccccc3)Oc3ccccc32)Cc2ccccc2Cl)cc1. The molecule has 1 aliphatic heterocycles. The average molecular weight is 604 g/mol. The Morgan fingerprint density at radius 3 is 2.33 bits per heavy atom. The van der Waals surface area contributed by atoms with Crippen molar-refractivity contribution in [1.82, 2.24) is 9.62 Å². The van der Waals surface area contributed by atoms with Gasteiger partial charge in [0.1, 0.15) is 5.75 Å². The maximum atomic E-state index is 13.9. The first kappa shape index (κ1) is 29.3. The van der Waals surface area contributed by atoms with Crippen LogP contribution in [0.4, 0.5) is 5.69 Å². The van der Waals surface area contributed by atoms with Crippen LogP contribution in [0.1, 0.15) is 16.7 Å². The van der Waals surface area contributed by atoms with Gasteiger partial charge in [0, 0.05) is 18.1 Å². The molecule has 1 atom stereocenters. The zero-order valence-electron chi connectivity index (χ0n) is 22.9. The number of amides is 2. The van der Waals surface area contributed by atoms with Gasteiger partial charge in [-0.3, -0.25) is 9.59 Å². The number of carbonyl (C=O) groups is 2. The molecule has 1 heterocycles. The first-order valence-corrected chi connectivity index (χ1v) is 15.2. The second-order valence-electron chi connectivity index (χ2n) is 9.96. The molecule has 0 spiro atoms. The molecule has 0 fully saturated rings. The van der Waals surface area contributed by atoms with Crippen molar-refractivity contribution in [3.63, 3.8) is 0 Å². The summed E-state index contributed by atoms with van der Waals surface area (Å²) < 4.78 is 34.8. The van der Waals surface area contributed by atoms with Crippen molar-refractivity contribution in [2.75, 3.05) is 18.0 Å². The minimum atomic E-state index is -4.10. The monoisotopic (exact) mass is 603 g/mol. The van der Waals surface area contributed by atoms with Gasteiger partial charge in [-0.15, -0.1) is 0 Å². The number of sulfonamides is 1. The molecule has 0 aromatic heterocycles. The summed E-state index contributed by atoms with van der Waals surface area (Å²) in [5.74, 6) is -0.531. The van der Waals surface area contributed by atoms with Gasteiger partial charge in [-0.05, 0) is 48.4 Å². The van der Waals surface area contributed by atoms with E-state index in [4.69, 9.17) is 16.3 Å². The predicted octanol–water partition coefficient (Wildman–Crippen LogP) is 4.95. The van der Waals surface area contributed by atoms with E-state index in [-0.39, 0.29) is 23.9 Å². The molecular weight excluding hydrogens is 574 g/mol. The maximum absolute atomic E-state index is 13.9. The molecule has 10 heteroatoms. The Morgan fingerprint density at radius 1 is 0.929 bits per heavy atom. The van der Waals surface area contributed by atoms with Crippen LogP contribution in [0.25, 0.3) is 0 Å². The van der Waals surface area contributed by atoms with Crippen molar-refractivity contribution in [3.05, 3.63) is 125 Å². The number of carbonyl (C=O) groups excluding carboxylic acids is 2. The van der Waals surface area contributed by atoms with Crippen LogP contribution >= 0.6 is 11.6 Å². The summed E-state index contributed by atoms with van der Waals surface area (Å²) in [4.78, 5) is 28.5. The fourth-order valence-corrected chi connectivity index (χ4v) is 6.21. The highest BCUT2D eigenvalue weighted by atomic mass is 35.5. The number of para-hydroxylation sites is 2. The van der Waals surface area contributed by atoms with E-state index in [2.05, 4.69) is 5.32 Å². The Kier molecular flexibility index (Phi) is 8.91. The van der Waals surface area contributed by atoms with E-state index in [0.29, 0.717) is 28.6 Å². The van der Waals surface area contributed by atoms with E-state index >= 15 is 0 Å². The van der Waals surface area contributed by atoms with Gasteiger partial charge in [-0.2, -0.15) is 4.31 Å². The summed E-state index contributed by atoms with van der Waals surface area (Å²) in [6.07, 6.45) is -0.988. The number of rotatable bonds is 9. The van der Waals surface area contributed by atoms with Crippen LogP contribution in [0.15, 0.2) is 108 Å². The third-order valence-corrected chi connectivity index (χ3v) is 9.13. The molecule has 0 saturated heterocycles. The normalized spacial score (nSPS) is 14.6. The van der Waals surface area contributed by atoms with Crippen molar-refractivity contribution in [1.29, 1.82) is 0 Å². The van der Waals surface area contributed by atoms with Gasteiger partial charge in [0.05, 0.1) is 23.7 Å². The molecular formula is C32H30ClN3O5S. The van der Waals surface area contributed by atoms with E-state index in [1.807, 2.05) is 37.3 Å². The minimum absolute atomic E-state index is 0.0634. The number of nitrogens with zero attached hydrogens (tertiary/aromatic N) is 2. The summed E-state index contributed by atoms with van der Waals surface area (Å²) in [5.41, 5.74) is 2.85. The lowest BCUT2D eigenvalue weighted by Crippen LogP contribution is -2.52. The number of benzene rings is 4. The van der Waals surface area contributed by atoms with Crippen molar-refractivity contribution in [2.45, 2.75) is 31.0 Å². The van der Waals surface area contributed by atoms with Crippen LogP contribution in [0.2, 0.25) is 5.02 Å². The molecule has 4 aromatic rings. The van der Waals surface area contributed by atoms with Gasteiger partial charge >= 0.3 is 0 Å². The van der Waals surface area contributed by atoms with E-state index in [9.17, 15) is 18.0 Å². The molecule has 0 bridgehead atoms. The maximum Gasteiger partial charge on any atom is 0.263 e. The topological polar surface area (TPSA) is 96.0 Å². The first-order valence-electron chi connectivity index (χ1n) is 13.4. The number of fused-ring (bicyclic) bond motifs is 1. The van der Waals surface area contributed by atoms with Gasteiger partial charge in [0.2, 0.25) is 15.9 Å². The Bertz CT molecular complexity index is 1680. The van der Waals surface area contributed by atoms with Crippen LogP contribution in [0.3, 0.4) is 0 Å². The summed E-state index contributed by atoms with van der Waals surface area (Å²) >= 11 is 6.39. The fourth-order valence-electron chi connectivity index (χ4n) is 4.64. The highest BCUT2D eigenvalue weighted by Gasteiger charge is 2.36. The molecule has 0 unspecified atom stereocenters. The Balaban J connectivity index is 1.41. The Hall–Kier alpha value is -4.18. The number of halogens is 1. The number of aryl methyl sites for hydroxylation is 1. The van der Waals surface area contributed by atoms with Gasteiger partial charge < -0.3 is 15.0 Å². The number of hydrogen-bond acceptors (Lipinski definition) is 5. The second kappa shape index (κ2) is 12.8. The highest BCUT2D eigenvalue weighted by Crippen LogP contribution is 2.34. The minimum Gasteiger partial charge on any atom is -0.477 e. The summed E-state index contributed by atoms with van der Waals surface area (Å²) in [6, 6.07) is 29.7. The zero-order chi connectivity index (χ0) is 29.7. The van der Waals surface area contributed by atoms with Crippen molar-refractivity contribution < 1.29 is 22.7 Å². The zero-order valence-corrected chi connectivity index (χ0v) is 24.5. The van der Waals surface area contributed by atoms with E-state index in [1.54, 1.807) is 60.7 Å². The standard InChI is InChI=1S/C32H30ClN3O5S/c1-23-15-17-26(18-16-23)42(39,40)35(20-25-11-5-6-12-27(25)33)22-31(37)36-21-30(41-29-14-8-7-13-28(29)36)32(38)34-19-24-9-3-2-4-10-24/h2-18,30H,19-22H2,1H3,(H,34,38)/t30-/m0/s1. The number of anilines is 1. The van der Waals surface area contributed by atoms with Crippen LogP contribution in [0, 0.1) is 6.92 Å². The van der Waals surface area contributed by atoms with Gasteiger partial charge in [-0.25, -0.2) is 8.42 Å². The number of hydrogen-bond donors (Lipinski definition) is 1. The molecule has 4 aromatic carbocycles. The summed E-state index contributed by atoms with van der Waals surface area (Å²) in [7, 11) is -4.10. The van der Waals surface area contributed by atoms with Gasteiger partial charge in [-0.1, -0.05) is 90.0 Å². The lowest BCUT2D eigenvalue weighted by molar-refractivity contribution is -0.128. The predicted molar refractivity (Wildman–Crippen MR) is 162 cm³/mol. The van der Waals surface area contributed by atoms with E-state index < -0.39 is 28.6 Å². The van der Waals surface area contributed by atoms with Gasteiger partial charge in [0.15, 0.2) is 6.10 Å². The largest absolute Gasteiger partial charge is 0.477 e. The summed E-state index contributed by atoms with van der Waals surface area (Å²) in [5, 5.41) is 3.26. The molecule has 2 amide bonds. The van der Waals surface area contributed by atoms with E-state index in [1.165, 1.54) is 17.0 Å². The third kappa shape index (κ3) is 6.65.